The number of phenolic OH excluding ortho intramolecular Hbond substituents is 1. The first-order chi connectivity index (χ1) is 9.49. The van der Waals surface area contributed by atoms with Gasteiger partial charge in [-0.05, 0) is 61.9 Å². The Morgan fingerprint density at radius 2 is 1.55 bits per heavy atom. The number of nitrogens with zero attached hydrogens (tertiary/aromatic N) is 1. The number of likely N-dealkylation sites (tertiary alicyclic amines) is 1. The number of rotatable bonds is 4. The van der Waals surface area contributed by atoms with Crippen LogP contribution in [0.1, 0.15) is 56.2 Å². The second-order valence-electron chi connectivity index (χ2n) is 6.56. The van der Waals surface area contributed by atoms with Crippen molar-refractivity contribution in [3.05, 3.63) is 28.8 Å². The second kappa shape index (κ2) is 6.17. The van der Waals surface area contributed by atoms with Crippen molar-refractivity contribution in [1.29, 1.82) is 0 Å². The van der Waals surface area contributed by atoms with Crippen molar-refractivity contribution in [1.82, 2.24) is 4.90 Å². The summed E-state index contributed by atoms with van der Waals surface area (Å²) in [5.41, 5.74) is 3.91. The molecule has 0 bridgehead atoms. The van der Waals surface area contributed by atoms with E-state index in [4.69, 9.17) is 0 Å². The van der Waals surface area contributed by atoms with E-state index >= 15 is 0 Å². The average molecular weight is 275 g/mol. The lowest BCUT2D eigenvalue weighted by Gasteiger charge is -2.41. The minimum absolute atomic E-state index is 0.448. The lowest BCUT2D eigenvalue weighted by Crippen LogP contribution is -2.39. The van der Waals surface area contributed by atoms with Gasteiger partial charge in [-0.15, -0.1) is 0 Å². The van der Waals surface area contributed by atoms with Gasteiger partial charge < -0.3 is 5.11 Å². The van der Waals surface area contributed by atoms with Gasteiger partial charge >= 0.3 is 0 Å². The van der Waals surface area contributed by atoms with Gasteiger partial charge in [0.1, 0.15) is 5.75 Å². The van der Waals surface area contributed by atoms with E-state index in [-0.39, 0.29) is 0 Å². The molecule has 2 nitrogen and oxygen atoms in total. The maximum Gasteiger partial charge on any atom is 0.121 e. The Morgan fingerprint density at radius 1 is 1.05 bits per heavy atom. The van der Waals surface area contributed by atoms with E-state index in [0.717, 1.165) is 17.7 Å². The van der Waals surface area contributed by atoms with Gasteiger partial charge in [0, 0.05) is 6.54 Å². The van der Waals surface area contributed by atoms with Gasteiger partial charge in [0.05, 0.1) is 0 Å². The van der Waals surface area contributed by atoms with E-state index in [0.29, 0.717) is 11.2 Å². The summed E-state index contributed by atoms with van der Waals surface area (Å²) < 4.78 is 0. The molecule has 0 atom stereocenters. The highest BCUT2D eigenvalue weighted by Crippen LogP contribution is 2.38. The molecule has 0 spiro atoms. The zero-order valence-corrected chi connectivity index (χ0v) is 13.5. The van der Waals surface area contributed by atoms with Crippen LogP contribution in [0.2, 0.25) is 0 Å². The fourth-order valence-electron chi connectivity index (χ4n) is 3.54. The van der Waals surface area contributed by atoms with Crippen molar-refractivity contribution in [3.63, 3.8) is 0 Å². The van der Waals surface area contributed by atoms with Crippen LogP contribution < -0.4 is 0 Å². The van der Waals surface area contributed by atoms with Crippen LogP contribution in [0.5, 0.6) is 5.75 Å². The molecule has 1 aromatic rings. The molecule has 0 radical (unpaired) electrons. The number of hydrogen-bond acceptors (Lipinski definition) is 2. The third-order valence-electron chi connectivity index (χ3n) is 5.37. The molecular formula is C18H29NO. The molecule has 1 aliphatic rings. The standard InChI is InChI=1S/C18H29NO/c1-5-18(6-2)7-9-19(10-8-18)13-16-11-14(3)17(20)15(4)12-16/h11-12,20H,5-10,13H2,1-4H3. The predicted molar refractivity (Wildman–Crippen MR) is 85.1 cm³/mol. The summed E-state index contributed by atoms with van der Waals surface area (Å²) in [5.74, 6) is 0.448. The van der Waals surface area contributed by atoms with Crippen LogP contribution in [0.25, 0.3) is 0 Å². The SMILES string of the molecule is CCC1(CC)CCN(Cc2cc(C)c(O)c(C)c2)CC1. The Labute approximate surface area is 123 Å². The Bertz CT molecular complexity index is 429. The molecule has 0 saturated carbocycles. The molecule has 2 heteroatoms. The van der Waals surface area contributed by atoms with Crippen LogP contribution in [0.4, 0.5) is 0 Å². The maximum atomic E-state index is 9.86. The first kappa shape index (κ1) is 15.4. The summed E-state index contributed by atoms with van der Waals surface area (Å²) in [4.78, 5) is 2.56. The number of aryl methyl sites for hydroxylation is 2. The van der Waals surface area contributed by atoms with Crippen molar-refractivity contribution in [2.45, 2.75) is 59.9 Å². The highest BCUT2D eigenvalue weighted by Gasteiger charge is 2.31. The third-order valence-corrected chi connectivity index (χ3v) is 5.37. The molecule has 1 aromatic carbocycles. The summed E-state index contributed by atoms with van der Waals surface area (Å²) in [6.45, 7) is 12.1. The Hall–Kier alpha value is -1.02. The molecule has 0 aliphatic carbocycles. The lowest BCUT2D eigenvalue weighted by atomic mass is 9.74. The largest absolute Gasteiger partial charge is 0.507 e. The van der Waals surface area contributed by atoms with Gasteiger partial charge in [-0.2, -0.15) is 0 Å². The Balaban J connectivity index is 1.99. The average Bonchev–Trinajstić information content (AvgIpc) is 2.46. The van der Waals surface area contributed by atoms with Crippen LogP contribution in [-0.2, 0) is 6.54 Å². The fourth-order valence-corrected chi connectivity index (χ4v) is 3.54. The summed E-state index contributed by atoms with van der Waals surface area (Å²) in [5, 5.41) is 9.86. The highest BCUT2D eigenvalue weighted by molar-refractivity contribution is 5.42. The van der Waals surface area contributed by atoms with E-state index in [2.05, 4.69) is 30.9 Å². The summed E-state index contributed by atoms with van der Waals surface area (Å²) in [6, 6.07) is 4.26. The number of aromatic hydroxyl groups is 1. The summed E-state index contributed by atoms with van der Waals surface area (Å²) >= 11 is 0. The van der Waals surface area contributed by atoms with E-state index in [1.807, 2.05) is 13.8 Å². The molecule has 0 unspecified atom stereocenters. The van der Waals surface area contributed by atoms with Crippen molar-refractivity contribution in [3.8, 4) is 5.75 Å². The van der Waals surface area contributed by atoms with Gasteiger partial charge in [-0.25, -0.2) is 0 Å². The molecule has 0 aromatic heterocycles. The van der Waals surface area contributed by atoms with E-state index < -0.39 is 0 Å². The summed E-state index contributed by atoms with van der Waals surface area (Å²) in [7, 11) is 0. The van der Waals surface area contributed by atoms with Crippen molar-refractivity contribution in [2.75, 3.05) is 13.1 Å². The van der Waals surface area contributed by atoms with Crippen molar-refractivity contribution < 1.29 is 5.11 Å². The van der Waals surface area contributed by atoms with Crippen molar-refractivity contribution in [2.24, 2.45) is 5.41 Å². The Morgan fingerprint density at radius 3 is 2.00 bits per heavy atom. The zero-order chi connectivity index (χ0) is 14.8. The number of benzene rings is 1. The third kappa shape index (κ3) is 3.17. The van der Waals surface area contributed by atoms with E-state index in [1.54, 1.807) is 0 Å². The molecule has 1 saturated heterocycles. The Kier molecular flexibility index (Phi) is 4.74. The van der Waals surface area contributed by atoms with Crippen LogP contribution in [-0.4, -0.2) is 23.1 Å². The molecule has 20 heavy (non-hydrogen) atoms. The second-order valence-corrected chi connectivity index (χ2v) is 6.56. The number of phenols is 1. The molecule has 1 N–H and O–H groups in total. The summed E-state index contributed by atoms with van der Waals surface area (Å²) in [6.07, 6.45) is 5.29. The molecule has 0 amide bonds. The van der Waals surface area contributed by atoms with Gasteiger partial charge in [-0.3, -0.25) is 4.90 Å². The van der Waals surface area contributed by atoms with Gasteiger partial charge in [-0.1, -0.05) is 38.8 Å². The smallest absolute Gasteiger partial charge is 0.121 e. The van der Waals surface area contributed by atoms with Gasteiger partial charge in [0.15, 0.2) is 0 Å². The van der Waals surface area contributed by atoms with Crippen LogP contribution in [0.15, 0.2) is 12.1 Å². The first-order valence-corrected chi connectivity index (χ1v) is 8.01. The van der Waals surface area contributed by atoms with Crippen LogP contribution >= 0.6 is 0 Å². The number of hydrogen-bond donors (Lipinski definition) is 1. The molecule has 1 aliphatic heterocycles. The fraction of sp³-hybridized carbons (Fsp3) is 0.667. The monoisotopic (exact) mass is 275 g/mol. The minimum Gasteiger partial charge on any atom is -0.507 e. The molecule has 1 heterocycles. The topological polar surface area (TPSA) is 23.5 Å². The zero-order valence-electron chi connectivity index (χ0n) is 13.5. The quantitative estimate of drug-likeness (QED) is 0.879. The predicted octanol–water partition coefficient (Wildman–Crippen LogP) is 4.41. The highest BCUT2D eigenvalue weighted by atomic mass is 16.3. The maximum absolute atomic E-state index is 9.86. The van der Waals surface area contributed by atoms with E-state index in [1.165, 1.54) is 44.3 Å². The number of piperidine rings is 1. The molecule has 2 rings (SSSR count). The normalized spacial score (nSPS) is 19.2. The first-order valence-electron chi connectivity index (χ1n) is 8.01. The molecular weight excluding hydrogens is 246 g/mol. The van der Waals surface area contributed by atoms with Crippen LogP contribution in [0.3, 0.4) is 0 Å². The van der Waals surface area contributed by atoms with Gasteiger partial charge in [0.2, 0.25) is 0 Å². The minimum atomic E-state index is 0.448. The van der Waals surface area contributed by atoms with Crippen LogP contribution in [0, 0.1) is 19.3 Å². The molecule has 1 fully saturated rings. The van der Waals surface area contributed by atoms with Gasteiger partial charge in [0.25, 0.3) is 0 Å². The molecule has 112 valence electrons. The lowest BCUT2D eigenvalue weighted by molar-refractivity contribution is 0.0908. The van der Waals surface area contributed by atoms with Crippen molar-refractivity contribution >= 4 is 0 Å². The van der Waals surface area contributed by atoms with E-state index in [9.17, 15) is 5.11 Å².